The van der Waals surface area contributed by atoms with Crippen LogP contribution in [-0.4, -0.2) is 30.2 Å². The second-order valence-corrected chi connectivity index (χ2v) is 3.74. The number of halogens is 3. The van der Waals surface area contributed by atoms with E-state index in [9.17, 15) is 13.2 Å². The van der Waals surface area contributed by atoms with Crippen molar-refractivity contribution in [1.29, 1.82) is 0 Å². The van der Waals surface area contributed by atoms with E-state index < -0.39 is 11.9 Å². The molecule has 4 nitrogen and oxygen atoms in total. The highest BCUT2D eigenvalue weighted by Gasteiger charge is 2.32. The molecular weight excluding hydrogens is 247 g/mol. The minimum atomic E-state index is -4.43. The summed E-state index contributed by atoms with van der Waals surface area (Å²) in [5, 5.41) is 2.77. The number of anilines is 1. The molecule has 0 aliphatic heterocycles. The lowest BCUT2D eigenvalue weighted by molar-refractivity contribution is -0.141. The van der Waals surface area contributed by atoms with Gasteiger partial charge in [-0.2, -0.15) is 13.2 Å². The summed E-state index contributed by atoms with van der Waals surface area (Å²) in [6, 6.07) is 0.851. The van der Waals surface area contributed by atoms with E-state index in [0.717, 1.165) is 31.5 Å². The fourth-order valence-corrected chi connectivity index (χ4v) is 1.35. The quantitative estimate of drug-likeness (QED) is 0.768. The number of rotatable bonds is 7. The summed E-state index contributed by atoms with van der Waals surface area (Å²) in [5.74, 6) is 0.0107. The number of methoxy groups -OCH3 is 1. The Morgan fingerprint density at radius 1 is 1.28 bits per heavy atom. The molecule has 0 saturated heterocycles. The minimum Gasteiger partial charge on any atom is -0.385 e. The lowest BCUT2D eigenvalue weighted by Gasteiger charge is -2.08. The number of nitrogens with one attached hydrogen (secondary N) is 1. The van der Waals surface area contributed by atoms with E-state index in [2.05, 4.69) is 15.3 Å². The molecule has 0 spiro atoms. The van der Waals surface area contributed by atoms with E-state index in [4.69, 9.17) is 4.74 Å². The Bertz CT molecular complexity index is 358. The maximum atomic E-state index is 12.4. The molecule has 0 aliphatic rings. The van der Waals surface area contributed by atoms with E-state index in [-0.39, 0.29) is 5.95 Å². The van der Waals surface area contributed by atoms with Crippen LogP contribution in [0.5, 0.6) is 0 Å². The van der Waals surface area contributed by atoms with E-state index in [0.29, 0.717) is 13.2 Å². The Balaban J connectivity index is 2.34. The summed E-state index contributed by atoms with van der Waals surface area (Å²) in [7, 11) is 1.63. The number of hydrogen-bond acceptors (Lipinski definition) is 4. The minimum absolute atomic E-state index is 0.0107. The van der Waals surface area contributed by atoms with E-state index in [1.54, 1.807) is 7.11 Å². The molecule has 0 bridgehead atoms. The maximum Gasteiger partial charge on any atom is 0.433 e. The largest absolute Gasteiger partial charge is 0.433 e. The van der Waals surface area contributed by atoms with Gasteiger partial charge in [-0.3, -0.25) is 0 Å². The van der Waals surface area contributed by atoms with Crippen LogP contribution < -0.4 is 5.32 Å². The van der Waals surface area contributed by atoms with Crippen LogP contribution in [0, 0.1) is 0 Å². The lowest BCUT2D eigenvalue weighted by atomic mass is 10.2. The zero-order chi connectivity index (χ0) is 13.4. The molecule has 7 heteroatoms. The summed E-state index contributed by atoms with van der Waals surface area (Å²) in [6.45, 7) is 1.24. The third kappa shape index (κ3) is 5.31. The predicted molar refractivity (Wildman–Crippen MR) is 61.3 cm³/mol. The first kappa shape index (κ1) is 14.7. The number of nitrogens with zero attached hydrogens (tertiary/aromatic N) is 2. The molecule has 0 aliphatic carbocycles. The van der Waals surface area contributed by atoms with E-state index in [1.165, 1.54) is 0 Å². The van der Waals surface area contributed by atoms with Crippen molar-refractivity contribution >= 4 is 5.95 Å². The van der Waals surface area contributed by atoms with Gasteiger partial charge in [0.25, 0.3) is 0 Å². The monoisotopic (exact) mass is 263 g/mol. The highest BCUT2D eigenvalue weighted by atomic mass is 19.4. The van der Waals surface area contributed by atoms with Gasteiger partial charge in [-0.05, 0) is 25.3 Å². The first-order valence-corrected chi connectivity index (χ1v) is 5.67. The van der Waals surface area contributed by atoms with Crippen molar-refractivity contribution in [3.63, 3.8) is 0 Å². The molecule has 0 radical (unpaired) electrons. The predicted octanol–water partition coefficient (Wildman–Crippen LogP) is 2.72. The summed E-state index contributed by atoms with van der Waals surface area (Å²) < 4.78 is 42.0. The van der Waals surface area contributed by atoms with Gasteiger partial charge in [-0.15, -0.1) is 0 Å². The Morgan fingerprint density at radius 2 is 2.06 bits per heavy atom. The number of aromatic nitrogens is 2. The SMILES string of the molecule is COCCCCCNc1nccc(C(F)(F)F)n1. The summed E-state index contributed by atoms with van der Waals surface area (Å²) >= 11 is 0. The molecule has 1 rings (SSSR count). The van der Waals surface area contributed by atoms with Gasteiger partial charge < -0.3 is 10.1 Å². The molecule has 1 aromatic rings. The van der Waals surface area contributed by atoms with Crippen molar-refractivity contribution in [3.8, 4) is 0 Å². The number of unbranched alkanes of at least 4 members (excludes halogenated alkanes) is 2. The fourth-order valence-electron chi connectivity index (χ4n) is 1.35. The summed E-state index contributed by atoms with van der Waals surface area (Å²) in [6.07, 6.45) is -0.620. The molecule has 0 aromatic carbocycles. The van der Waals surface area contributed by atoms with Gasteiger partial charge in [0.15, 0.2) is 0 Å². The highest BCUT2D eigenvalue weighted by molar-refractivity contribution is 5.25. The molecule has 1 N–H and O–H groups in total. The Hall–Kier alpha value is -1.37. The number of hydrogen-bond donors (Lipinski definition) is 1. The second-order valence-electron chi connectivity index (χ2n) is 3.74. The van der Waals surface area contributed by atoms with Gasteiger partial charge in [0.05, 0.1) is 0 Å². The molecule has 0 amide bonds. The van der Waals surface area contributed by atoms with Crippen LogP contribution >= 0.6 is 0 Å². The van der Waals surface area contributed by atoms with E-state index in [1.807, 2.05) is 0 Å². The van der Waals surface area contributed by atoms with Crippen LogP contribution in [0.15, 0.2) is 12.3 Å². The summed E-state index contributed by atoms with van der Waals surface area (Å²) in [4.78, 5) is 7.15. The number of ether oxygens (including phenoxy) is 1. The van der Waals surface area contributed by atoms with Gasteiger partial charge in [0, 0.05) is 26.5 Å². The Kier molecular flexibility index (Phi) is 5.84. The Labute approximate surface area is 104 Å². The molecule has 18 heavy (non-hydrogen) atoms. The second kappa shape index (κ2) is 7.15. The van der Waals surface area contributed by atoms with Gasteiger partial charge in [0.1, 0.15) is 5.69 Å². The number of alkyl halides is 3. The van der Waals surface area contributed by atoms with Crippen LogP contribution in [0.4, 0.5) is 19.1 Å². The van der Waals surface area contributed by atoms with Gasteiger partial charge in [-0.1, -0.05) is 0 Å². The molecule has 0 saturated carbocycles. The third-order valence-electron chi connectivity index (χ3n) is 2.25. The Morgan fingerprint density at radius 3 is 2.72 bits per heavy atom. The average molecular weight is 263 g/mol. The van der Waals surface area contributed by atoms with Crippen LogP contribution in [-0.2, 0) is 10.9 Å². The lowest BCUT2D eigenvalue weighted by Crippen LogP contribution is -2.12. The van der Waals surface area contributed by atoms with Crippen LogP contribution in [0.2, 0.25) is 0 Å². The fraction of sp³-hybridized carbons (Fsp3) is 0.636. The molecule has 1 heterocycles. The van der Waals surface area contributed by atoms with Crippen molar-refractivity contribution in [2.75, 3.05) is 25.6 Å². The molecule has 102 valence electrons. The zero-order valence-corrected chi connectivity index (χ0v) is 10.1. The van der Waals surface area contributed by atoms with Crippen LogP contribution in [0.1, 0.15) is 25.0 Å². The van der Waals surface area contributed by atoms with Gasteiger partial charge in [0.2, 0.25) is 5.95 Å². The topological polar surface area (TPSA) is 47.0 Å². The average Bonchev–Trinajstić information content (AvgIpc) is 2.33. The molecule has 1 aromatic heterocycles. The molecule has 0 fully saturated rings. The van der Waals surface area contributed by atoms with Gasteiger partial charge >= 0.3 is 6.18 Å². The third-order valence-corrected chi connectivity index (χ3v) is 2.25. The van der Waals surface area contributed by atoms with Crippen molar-refractivity contribution < 1.29 is 17.9 Å². The first-order chi connectivity index (χ1) is 8.54. The van der Waals surface area contributed by atoms with Gasteiger partial charge in [-0.25, -0.2) is 9.97 Å². The van der Waals surface area contributed by atoms with Crippen molar-refractivity contribution in [3.05, 3.63) is 18.0 Å². The molecule has 0 atom stereocenters. The normalized spacial score (nSPS) is 11.6. The van der Waals surface area contributed by atoms with Crippen LogP contribution in [0.25, 0.3) is 0 Å². The standard InChI is InChI=1S/C11H16F3N3O/c1-18-8-4-2-3-6-15-10-16-7-5-9(17-10)11(12,13)14/h5,7H,2-4,6,8H2,1H3,(H,15,16,17). The van der Waals surface area contributed by atoms with E-state index >= 15 is 0 Å². The highest BCUT2D eigenvalue weighted by Crippen LogP contribution is 2.27. The molecular formula is C11H16F3N3O. The molecule has 0 unspecified atom stereocenters. The first-order valence-electron chi connectivity index (χ1n) is 5.67. The van der Waals surface area contributed by atoms with Crippen LogP contribution in [0.3, 0.4) is 0 Å². The van der Waals surface area contributed by atoms with Crippen molar-refractivity contribution in [2.45, 2.75) is 25.4 Å². The maximum absolute atomic E-state index is 12.4. The smallest absolute Gasteiger partial charge is 0.385 e. The van der Waals surface area contributed by atoms with Crippen molar-refractivity contribution in [2.24, 2.45) is 0 Å². The van der Waals surface area contributed by atoms with Crippen molar-refractivity contribution in [1.82, 2.24) is 9.97 Å². The summed E-state index contributed by atoms with van der Waals surface area (Å²) in [5.41, 5.74) is -0.931. The zero-order valence-electron chi connectivity index (χ0n) is 10.1.